The van der Waals surface area contributed by atoms with E-state index in [9.17, 15) is 18.0 Å². The molecule has 2 aromatic carbocycles. The number of carbonyl (C=O) groups excluding carboxylic acids is 1. The molecule has 1 amide bonds. The minimum Gasteiger partial charge on any atom is -0.484 e. The van der Waals surface area contributed by atoms with E-state index in [1.54, 1.807) is 29.2 Å². The fourth-order valence-corrected chi connectivity index (χ4v) is 3.49. The zero-order chi connectivity index (χ0) is 23.4. The van der Waals surface area contributed by atoms with E-state index in [4.69, 9.17) is 20.9 Å². The van der Waals surface area contributed by atoms with Gasteiger partial charge in [0.15, 0.2) is 12.4 Å². The smallest absolute Gasteiger partial charge is 0.416 e. The van der Waals surface area contributed by atoms with Gasteiger partial charge in [-0.15, -0.1) is 0 Å². The SMILES string of the molecule is O=C(COc1ccc(Cl)cc1)N1CCN(Cc2noc(-c3ccc(C(F)(F)F)cc3)n2)CC1. The first-order valence-corrected chi connectivity index (χ1v) is 10.5. The number of amides is 1. The Hall–Kier alpha value is -3.11. The van der Waals surface area contributed by atoms with Gasteiger partial charge in [0, 0.05) is 36.8 Å². The van der Waals surface area contributed by atoms with E-state index in [0.717, 1.165) is 12.1 Å². The zero-order valence-electron chi connectivity index (χ0n) is 17.4. The number of aromatic nitrogens is 2. The molecule has 33 heavy (non-hydrogen) atoms. The standard InChI is InChI=1S/C22H20ClF3N4O3/c23-17-5-7-18(8-6-17)32-14-20(31)30-11-9-29(10-12-30)13-19-27-21(33-28-19)15-1-3-16(4-2-15)22(24,25)26/h1-8H,9-14H2. The number of halogens is 4. The number of benzene rings is 2. The topological polar surface area (TPSA) is 71.7 Å². The highest BCUT2D eigenvalue weighted by Gasteiger charge is 2.30. The van der Waals surface area contributed by atoms with E-state index in [-0.39, 0.29) is 18.4 Å². The predicted octanol–water partition coefficient (Wildman–Crippen LogP) is 4.13. The Morgan fingerprint density at radius 1 is 1.03 bits per heavy atom. The normalized spacial score (nSPS) is 15.0. The molecule has 1 aromatic heterocycles. The van der Waals surface area contributed by atoms with Crippen LogP contribution < -0.4 is 4.74 Å². The largest absolute Gasteiger partial charge is 0.484 e. The summed E-state index contributed by atoms with van der Waals surface area (Å²) in [4.78, 5) is 20.5. The van der Waals surface area contributed by atoms with Gasteiger partial charge in [0.2, 0.25) is 0 Å². The second-order valence-electron chi connectivity index (χ2n) is 7.49. The molecule has 0 unspecified atom stereocenters. The average Bonchev–Trinajstić information content (AvgIpc) is 3.27. The van der Waals surface area contributed by atoms with Crippen molar-refractivity contribution in [1.82, 2.24) is 19.9 Å². The van der Waals surface area contributed by atoms with Gasteiger partial charge in [-0.05, 0) is 48.5 Å². The lowest BCUT2D eigenvalue weighted by atomic mass is 10.1. The van der Waals surface area contributed by atoms with Gasteiger partial charge >= 0.3 is 6.18 Å². The van der Waals surface area contributed by atoms with Crippen molar-refractivity contribution in [3.63, 3.8) is 0 Å². The van der Waals surface area contributed by atoms with Gasteiger partial charge in [0.25, 0.3) is 11.8 Å². The molecule has 174 valence electrons. The van der Waals surface area contributed by atoms with Crippen molar-refractivity contribution in [2.45, 2.75) is 12.7 Å². The van der Waals surface area contributed by atoms with Crippen LogP contribution in [-0.2, 0) is 17.5 Å². The summed E-state index contributed by atoms with van der Waals surface area (Å²) < 4.78 is 48.8. The van der Waals surface area contributed by atoms with Crippen molar-refractivity contribution in [3.05, 3.63) is 64.9 Å². The third-order valence-electron chi connectivity index (χ3n) is 5.19. The van der Waals surface area contributed by atoms with Crippen molar-refractivity contribution in [1.29, 1.82) is 0 Å². The highest BCUT2D eigenvalue weighted by Crippen LogP contribution is 2.30. The van der Waals surface area contributed by atoms with Gasteiger partial charge in [-0.25, -0.2) is 0 Å². The summed E-state index contributed by atoms with van der Waals surface area (Å²) in [5.74, 6) is 1.06. The lowest BCUT2D eigenvalue weighted by Crippen LogP contribution is -2.49. The third kappa shape index (κ3) is 6.02. The summed E-state index contributed by atoms with van der Waals surface area (Å²) in [6.45, 7) is 2.67. The Kier molecular flexibility index (Phi) is 6.85. The summed E-state index contributed by atoms with van der Waals surface area (Å²) in [6, 6.07) is 11.4. The third-order valence-corrected chi connectivity index (χ3v) is 5.45. The molecule has 3 aromatic rings. The van der Waals surface area contributed by atoms with Crippen LogP contribution in [0.5, 0.6) is 5.75 Å². The molecule has 0 radical (unpaired) electrons. The Morgan fingerprint density at radius 3 is 2.33 bits per heavy atom. The molecule has 4 rings (SSSR count). The van der Waals surface area contributed by atoms with Gasteiger partial charge in [-0.3, -0.25) is 9.69 Å². The lowest BCUT2D eigenvalue weighted by molar-refractivity contribution is -0.137. The molecule has 11 heteroatoms. The van der Waals surface area contributed by atoms with Crippen molar-refractivity contribution in [2.24, 2.45) is 0 Å². The summed E-state index contributed by atoms with van der Waals surface area (Å²) in [7, 11) is 0. The highest BCUT2D eigenvalue weighted by atomic mass is 35.5. The molecule has 0 N–H and O–H groups in total. The lowest BCUT2D eigenvalue weighted by Gasteiger charge is -2.34. The molecule has 1 aliphatic heterocycles. The average molecular weight is 481 g/mol. The Balaban J connectivity index is 1.25. The monoisotopic (exact) mass is 480 g/mol. The van der Waals surface area contributed by atoms with Crippen molar-refractivity contribution in [2.75, 3.05) is 32.8 Å². The van der Waals surface area contributed by atoms with Gasteiger partial charge in [-0.1, -0.05) is 16.8 Å². The first-order chi connectivity index (χ1) is 15.8. The molecule has 1 fully saturated rings. The molecule has 1 saturated heterocycles. The van der Waals surface area contributed by atoms with Crippen LogP contribution in [0, 0.1) is 0 Å². The maximum Gasteiger partial charge on any atom is 0.416 e. The van der Waals surface area contributed by atoms with E-state index in [1.807, 2.05) is 0 Å². The van der Waals surface area contributed by atoms with E-state index in [0.29, 0.717) is 54.9 Å². The first kappa shape index (κ1) is 23.1. The van der Waals surface area contributed by atoms with Crippen molar-refractivity contribution < 1.29 is 27.2 Å². The fourth-order valence-electron chi connectivity index (χ4n) is 3.36. The quantitative estimate of drug-likeness (QED) is 0.528. The van der Waals surface area contributed by atoms with E-state index >= 15 is 0 Å². The Labute approximate surface area is 192 Å². The summed E-state index contributed by atoms with van der Waals surface area (Å²) in [5, 5.41) is 4.52. The molecule has 1 aliphatic rings. The van der Waals surface area contributed by atoms with E-state index in [1.165, 1.54) is 12.1 Å². The maximum absolute atomic E-state index is 12.7. The first-order valence-electron chi connectivity index (χ1n) is 10.2. The molecule has 0 atom stereocenters. The van der Waals surface area contributed by atoms with E-state index < -0.39 is 11.7 Å². The van der Waals surface area contributed by atoms with Gasteiger partial charge < -0.3 is 14.2 Å². The number of alkyl halides is 3. The number of nitrogens with zero attached hydrogens (tertiary/aromatic N) is 4. The number of ether oxygens (including phenoxy) is 1. The molecule has 0 spiro atoms. The molecule has 2 heterocycles. The van der Waals surface area contributed by atoms with Crippen LogP contribution in [0.15, 0.2) is 53.1 Å². The molecular weight excluding hydrogens is 461 g/mol. The zero-order valence-corrected chi connectivity index (χ0v) is 18.1. The van der Waals surface area contributed by atoms with Gasteiger partial charge in [-0.2, -0.15) is 18.2 Å². The number of carbonyl (C=O) groups is 1. The Morgan fingerprint density at radius 2 is 1.70 bits per heavy atom. The number of piperazine rings is 1. The second kappa shape index (κ2) is 9.80. The number of hydrogen-bond donors (Lipinski definition) is 0. The van der Waals surface area contributed by atoms with Gasteiger partial charge in [0.1, 0.15) is 5.75 Å². The molecule has 7 nitrogen and oxygen atoms in total. The molecule has 0 aliphatic carbocycles. The minimum absolute atomic E-state index is 0.0526. The number of hydrogen-bond acceptors (Lipinski definition) is 6. The van der Waals surface area contributed by atoms with E-state index in [2.05, 4.69) is 15.0 Å². The Bertz CT molecular complexity index is 1080. The maximum atomic E-state index is 12.7. The van der Waals surface area contributed by atoms with Crippen LogP contribution >= 0.6 is 11.6 Å². The van der Waals surface area contributed by atoms with Gasteiger partial charge in [0.05, 0.1) is 12.1 Å². The van der Waals surface area contributed by atoms with Crippen LogP contribution in [0.25, 0.3) is 11.5 Å². The van der Waals surface area contributed by atoms with Crippen molar-refractivity contribution in [3.8, 4) is 17.2 Å². The summed E-state index contributed by atoms with van der Waals surface area (Å²) in [5.41, 5.74) is -0.324. The van der Waals surface area contributed by atoms with Crippen molar-refractivity contribution >= 4 is 17.5 Å². The molecular formula is C22H20ClF3N4O3. The van der Waals surface area contributed by atoms with Crippen LogP contribution in [-0.4, -0.2) is 58.6 Å². The second-order valence-corrected chi connectivity index (χ2v) is 7.93. The van der Waals surface area contributed by atoms with Crippen LogP contribution in [0.2, 0.25) is 5.02 Å². The highest BCUT2D eigenvalue weighted by molar-refractivity contribution is 6.30. The summed E-state index contributed by atoms with van der Waals surface area (Å²) in [6.07, 6.45) is -4.40. The fraction of sp³-hybridized carbons (Fsp3) is 0.318. The predicted molar refractivity (Wildman–Crippen MR) is 114 cm³/mol. The number of rotatable bonds is 6. The minimum atomic E-state index is -4.40. The molecule has 0 saturated carbocycles. The summed E-state index contributed by atoms with van der Waals surface area (Å²) >= 11 is 5.83. The van der Waals surface area contributed by atoms with Crippen LogP contribution in [0.4, 0.5) is 13.2 Å². The van der Waals surface area contributed by atoms with Crippen LogP contribution in [0.3, 0.4) is 0 Å². The van der Waals surface area contributed by atoms with Crippen LogP contribution in [0.1, 0.15) is 11.4 Å². The molecule has 0 bridgehead atoms.